The molecule has 2 aromatic carbocycles. The van der Waals surface area contributed by atoms with Gasteiger partial charge in [-0.2, -0.15) is 0 Å². The number of carbonyl (C=O) groups is 3. The lowest BCUT2D eigenvalue weighted by Crippen LogP contribution is -2.54. The highest BCUT2D eigenvalue weighted by Crippen LogP contribution is 2.27. The number of benzene rings is 2. The van der Waals surface area contributed by atoms with Gasteiger partial charge >= 0.3 is 6.03 Å². The van der Waals surface area contributed by atoms with Crippen molar-refractivity contribution in [2.24, 2.45) is 0 Å². The molecule has 1 aliphatic rings. The molecule has 0 bridgehead atoms. The second kappa shape index (κ2) is 7.72. The van der Waals surface area contributed by atoms with Gasteiger partial charge in [-0.1, -0.05) is 35.9 Å². The smallest absolute Gasteiger partial charge is 0.318 e. The lowest BCUT2D eigenvalue weighted by atomic mass is 10.1. The summed E-state index contributed by atoms with van der Waals surface area (Å²) < 4.78 is 2.07. The van der Waals surface area contributed by atoms with E-state index in [4.69, 9.17) is 0 Å². The van der Waals surface area contributed by atoms with Crippen LogP contribution in [0.15, 0.2) is 60.2 Å². The van der Waals surface area contributed by atoms with Gasteiger partial charge in [-0.05, 0) is 69.2 Å². The Morgan fingerprint density at radius 3 is 2.23 bits per heavy atom. The third kappa shape index (κ3) is 3.57. The molecule has 3 aromatic rings. The minimum absolute atomic E-state index is 0.0768. The minimum Gasteiger partial charge on any atom is -0.318 e. The Morgan fingerprint density at radius 1 is 0.871 bits per heavy atom. The molecule has 4 amide bonds. The van der Waals surface area contributed by atoms with Crippen LogP contribution in [0.3, 0.4) is 0 Å². The number of anilines is 1. The van der Waals surface area contributed by atoms with Crippen LogP contribution in [0, 0.1) is 27.7 Å². The molecular formula is C25H23N3O3. The number of rotatable bonds is 3. The summed E-state index contributed by atoms with van der Waals surface area (Å²) in [5.41, 5.74) is 5.92. The Bertz CT molecular complexity index is 1250. The van der Waals surface area contributed by atoms with E-state index in [-0.39, 0.29) is 5.57 Å². The van der Waals surface area contributed by atoms with Crippen molar-refractivity contribution in [3.05, 3.63) is 88.2 Å². The molecule has 0 aliphatic carbocycles. The van der Waals surface area contributed by atoms with Crippen LogP contribution in [-0.2, 0) is 9.59 Å². The summed E-state index contributed by atoms with van der Waals surface area (Å²) in [5.74, 6) is -1.33. The van der Waals surface area contributed by atoms with Gasteiger partial charge in [0.25, 0.3) is 11.8 Å². The molecule has 1 aromatic heterocycles. The van der Waals surface area contributed by atoms with Crippen LogP contribution >= 0.6 is 0 Å². The summed E-state index contributed by atoms with van der Waals surface area (Å²) in [4.78, 5) is 39.2. The third-order valence-electron chi connectivity index (χ3n) is 5.52. The number of hydrogen-bond donors (Lipinski definition) is 1. The van der Waals surface area contributed by atoms with Gasteiger partial charge in [-0.15, -0.1) is 0 Å². The molecule has 1 fully saturated rings. The maximum atomic E-state index is 13.2. The van der Waals surface area contributed by atoms with Gasteiger partial charge in [0.1, 0.15) is 5.57 Å². The van der Waals surface area contributed by atoms with E-state index in [1.165, 1.54) is 5.56 Å². The number of amides is 4. The number of aromatic nitrogens is 1. The monoisotopic (exact) mass is 413 g/mol. The molecule has 6 heteroatoms. The highest BCUT2D eigenvalue weighted by Gasteiger charge is 2.37. The van der Waals surface area contributed by atoms with E-state index >= 15 is 0 Å². The van der Waals surface area contributed by atoms with Crippen molar-refractivity contribution in [1.29, 1.82) is 0 Å². The van der Waals surface area contributed by atoms with E-state index in [0.717, 1.165) is 33.1 Å². The maximum Gasteiger partial charge on any atom is 0.335 e. The Labute approximate surface area is 180 Å². The van der Waals surface area contributed by atoms with E-state index in [9.17, 15) is 14.4 Å². The van der Waals surface area contributed by atoms with Crippen LogP contribution in [0.2, 0.25) is 0 Å². The standard InChI is InChI=1S/C25H23N3O3/c1-15-9-11-20(12-10-15)27-17(3)13-19(18(27)4)14-21-23(29)26-25(31)28(24(21)30)22-8-6-5-7-16(22)2/h5-14H,1-4H3,(H,26,29,31). The number of urea groups is 1. The molecule has 0 unspecified atom stereocenters. The molecule has 31 heavy (non-hydrogen) atoms. The molecular weight excluding hydrogens is 390 g/mol. The minimum atomic E-state index is -0.744. The van der Waals surface area contributed by atoms with Gasteiger partial charge in [0.05, 0.1) is 5.69 Å². The van der Waals surface area contributed by atoms with E-state index in [0.29, 0.717) is 5.69 Å². The molecule has 4 rings (SSSR count). The van der Waals surface area contributed by atoms with E-state index in [1.807, 2.05) is 70.2 Å². The first-order chi connectivity index (χ1) is 14.8. The van der Waals surface area contributed by atoms with Crippen molar-refractivity contribution in [2.45, 2.75) is 27.7 Å². The summed E-state index contributed by atoms with van der Waals surface area (Å²) in [5, 5.41) is 2.29. The number of hydrogen-bond acceptors (Lipinski definition) is 3. The number of nitrogens with zero attached hydrogens (tertiary/aromatic N) is 2. The fraction of sp³-hybridized carbons (Fsp3) is 0.160. The maximum absolute atomic E-state index is 13.2. The van der Waals surface area contributed by atoms with Crippen molar-refractivity contribution < 1.29 is 14.4 Å². The van der Waals surface area contributed by atoms with Gasteiger partial charge in [-0.25, -0.2) is 9.69 Å². The summed E-state index contributed by atoms with van der Waals surface area (Å²) in [6.45, 7) is 7.75. The van der Waals surface area contributed by atoms with Crippen molar-refractivity contribution in [3.8, 4) is 5.69 Å². The van der Waals surface area contributed by atoms with Crippen LogP contribution in [0.25, 0.3) is 11.8 Å². The SMILES string of the molecule is Cc1ccc(-n2c(C)cc(C=C3C(=O)NC(=O)N(c4ccccc4C)C3=O)c2C)cc1. The number of nitrogens with one attached hydrogen (secondary N) is 1. The average molecular weight is 413 g/mol. The molecule has 0 radical (unpaired) electrons. The van der Waals surface area contributed by atoms with E-state index < -0.39 is 17.8 Å². The molecule has 0 spiro atoms. The topological polar surface area (TPSA) is 71.4 Å². The average Bonchev–Trinajstić information content (AvgIpc) is 3.00. The first-order valence-corrected chi connectivity index (χ1v) is 10.0. The number of para-hydroxylation sites is 1. The second-order valence-corrected chi connectivity index (χ2v) is 7.74. The van der Waals surface area contributed by atoms with Crippen LogP contribution in [0.4, 0.5) is 10.5 Å². The quantitative estimate of drug-likeness (QED) is 0.512. The fourth-order valence-corrected chi connectivity index (χ4v) is 3.87. The zero-order valence-electron chi connectivity index (χ0n) is 17.9. The first kappa shape index (κ1) is 20.3. The van der Waals surface area contributed by atoms with E-state index in [1.54, 1.807) is 18.2 Å². The molecule has 6 nitrogen and oxygen atoms in total. The Balaban J connectivity index is 1.77. The molecule has 156 valence electrons. The summed E-state index contributed by atoms with van der Waals surface area (Å²) in [7, 11) is 0. The van der Waals surface area contributed by atoms with Crippen LogP contribution < -0.4 is 10.2 Å². The molecule has 0 atom stereocenters. The third-order valence-corrected chi connectivity index (χ3v) is 5.52. The van der Waals surface area contributed by atoms with Gasteiger partial charge in [0.2, 0.25) is 0 Å². The van der Waals surface area contributed by atoms with Gasteiger partial charge < -0.3 is 4.57 Å². The predicted octanol–water partition coefficient (Wildman–Crippen LogP) is 4.38. The predicted molar refractivity (Wildman–Crippen MR) is 120 cm³/mol. The van der Waals surface area contributed by atoms with Gasteiger partial charge in [-0.3, -0.25) is 14.9 Å². The molecule has 1 aliphatic heterocycles. The summed E-state index contributed by atoms with van der Waals surface area (Å²) in [6.07, 6.45) is 1.56. The summed E-state index contributed by atoms with van der Waals surface area (Å²) >= 11 is 0. The van der Waals surface area contributed by atoms with Crippen molar-refractivity contribution in [2.75, 3.05) is 4.90 Å². The largest absolute Gasteiger partial charge is 0.335 e. The van der Waals surface area contributed by atoms with E-state index in [2.05, 4.69) is 9.88 Å². The van der Waals surface area contributed by atoms with Gasteiger partial charge in [0, 0.05) is 17.1 Å². The second-order valence-electron chi connectivity index (χ2n) is 7.74. The lowest BCUT2D eigenvalue weighted by molar-refractivity contribution is -0.122. The van der Waals surface area contributed by atoms with Crippen molar-refractivity contribution in [1.82, 2.24) is 9.88 Å². The number of carbonyl (C=O) groups excluding carboxylic acids is 3. The Hall–Kier alpha value is -3.93. The number of barbiturate groups is 1. The van der Waals surface area contributed by atoms with Crippen LogP contribution in [0.5, 0.6) is 0 Å². The number of imide groups is 2. The first-order valence-electron chi connectivity index (χ1n) is 10.0. The Kier molecular flexibility index (Phi) is 5.07. The van der Waals surface area contributed by atoms with Crippen LogP contribution in [0.1, 0.15) is 28.1 Å². The highest BCUT2D eigenvalue weighted by molar-refractivity contribution is 6.39. The fourth-order valence-electron chi connectivity index (χ4n) is 3.87. The number of aryl methyl sites for hydroxylation is 3. The van der Waals surface area contributed by atoms with Crippen molar-refractivity contribution >= 4 is 29.6 Å². The van der Waals surface area contributed by atoms with Crippen LogP contribution in [-0.4, -0.2) is 22.4 Å². The molecule has 1 N–H and O–H groups in total. The molecule has 1 saturated heterocycles. The normalized spacial score (nSPS) is 15.5. The molecule has 0 saturated carbocycles. The summed E-state index contributed by atoms with van der Waals surface area (Å²) in [6, 6.07) is 16.4. The lowest BCUT2D eigenvalue weighted by Gasteiger charge is -2.27. The zero-order chi connectivity index (χ0) is 22.3. The zero-order valence-corrected chi connectivity index (χ0v) is 17.9. The van der Waals surface area contributed by atoms with Crippen molar-refractivity contribution in [3.63, 3.8) is 0 Å². The Morgan fingerprint density at radius 2 is 1.55 bits per heavy atom. The van der Waals surface area contributed by atoms with Gasteiger partial charge in [0.15, 0.2) is 0 Å². The molecule has 2 heterocycles. The highest BCUT2D eigenvalue weighted by atomic mass is 16.2.